The minimum atomic E-state index is 0.870. The SMILES string of the molecule is CCCCCCc1ccc2c(c1)CCO2. The Morgan fingerprint density at radius 1 is 1.20 bits per heavy atom. The van der Waals surface area contributed by atoms with E-state index in [-0.39, 0.29) is 0 Å². The van der Waals surface area contributed by atoms with Crippen LogP contribution in [-0.2, 0) is 12.8 Å². The lowest BCUT2D eigenvalue weighted by molar-refractivity contribution is 0.357. The van der Waals surface area contributed by atoms with Crippen molar-refractivity contribution in [2.24, 2.45) is 0 Å². The average molecular weight is 204 g/mol. The summed E-state index contributed by atoms with van der Waals surface area (Å²) in [5.41, 5.74) is 2.89. The van der Waals surface area contributed by atoms with Gasteiger partial charge in [-0.1, -0.05) is 38.3 Å². The molecule has 0 aromatic heterocycles. The number of hydrogen-bond donors (Lipinski definition) is 0. The van der Waals surface area contributed by atoms with Crippen molar-refractivity contribution in [3.63, 3.8) is 0 Å². The van der Waals surface area contributed by atoms with E-state index >= 15 is 0 Å². The van der Waals surface area contributed by atoms with Gasteiger partial charge in [-0.2, -0.15) is 0 Å². The van der Waals surface area contributed by atoms with Gasteiger partial charge in [0.05, 0.1) is 6.61 Å². The van der Waals surface area contributed by atoms with Crippen molar-refractivity contribution in [1.82, 2.24) is 0 Å². The number of rotatable bonds is 5. The number of aryl methyl sites for hydroxylation is 1. The Hall–Kier alpha value is -0.980. The molecule has 0 spiro atoms. The number of unbranched alkanes of at least 4 members (excludes halogenated alkanes) is 3. The lowest BCUT2D eigenvalue weighted by Gasteiger charge is -2.03. The fourth-order valence-corrected chi connectivity index (χ4v) is 2.15. The maximum Gasteiger partial charge on any atom is 0.122 e. The summed E-state index contributed by atoms with van der Waals surface area (Å²) in [6.07, 6.45) is 7.70. The number of fused-ring (bicyclic) bond motifs is 1. The molecule has 1 heteroatoms. The summed E-state index contributed by atoms with van der Waals surface area (Å²) in [6.45, 7) is 3.13. The highest BCUT2D eigenvalue weighted by molar-refractivity contribution is 5.39. The molecule has 0 N–H and O–H groups in total. The minimum absolute atomic E-state index is 0.870. The molecule has 1 heterocycles. The molecule has 0 saturated carbocycles. The highest BCUT2D eigenvalue weighted by Crippen LogP contribution is 2.26. The summed E-state index contributed by atoms with van der Waals surface area (Å²) in [7, 11) is 0. The van der Waals surface area contributed by atoms with Crippen molar-refractivity contribution < 1.29 is 4.74 Å². The first-order chi connectivity index (χ1) is 7.40. The lowest BCUT2D eigenvalue weighted by Crippen LogP contribution is -1.87. The van der Waals surface area contributed by atoms with Crippen LogP contribution in [0.5, 0.6) is 5.75 Å². The molecule has 2 rings (SSSR count). The molecule has 0 atom stereocenters. The summed E-state index contributed by atoms with van der Waals surface area (Å²) in [5.74, 6) is 1.10. The zero-order valence-electron chi connectivity index (χ0n) is 9.59. The molecule has 1 aliphatic rings. The van der Waals surface area contributed by atoms with Gasteiger partial charge in [0.1, 0.15) is 5.75 Å². The van der Waals surface area contributed by atoms with Crippen LogP contribution in [0.4, 0.5) is 0 Å². The normalized spacial score (nSPS) is 13.7. The van der Waals surface area contributed by atoms with Gasteiger partial charge in [-0.05, 0) is 30.0 Å². The second-order valence-electron chi connectivity index (χ2n) is 4.35. The maximum atomic E-state index is 5.50. The van der Waals surface area contributed by atoms with Gasteiger partial charge < -0.3 is 4.74 Å². The number of hydrogen-bond acceptors (Lipinski definition) is 1. The van der Waals surface area contributed by atoms with E-state index in [0.717, 1.165) is 18.8 Å². The zero-order valence-corrected chi connectivity index (χ0v) is 9.59. The molecule has 1 aliphatic heterocycles. The molecule has 0 aliphatic carbocycles. The predicted octanol–water partition coefficient (Wildman–Crippen LogP) is 3.74. The van der Waals surface area contributed by atoms with Crippen molar-refractivity contribution in [3.05, 3.63) is 29.3 Å². The Bertz CT molecular complexity index is 317. The van der Waals surface area contributed by atoms with E-state index < -0.39 is 0 Å². The first-order valence-corrected chi connectivity index (χ1v) is 6.15. The second-order valence-corrected chi connectivity index (χ2v) is 4.35. The monoisotopic (exact) mass is 204 g/mol. The third kappa shape index (κ3) is 2.74. The number of benzene rings is 1. The first-order valence-electron chi connectivity index (χ1n) is 6.15. The van der Waals surface area contributed by atoms with E-state index in [1.165, 1.54) is 43.2 Å². The molecular formula is C14H20O. The van der Waals surface area contributed by atoms with Gasteiger partial charge in [-0.25, -0.2) is 0 Å². The minimum Gasteiger partial charge on any atom is -0.493 e. The summed E-state index contributed by atoms with van der Waals surface area (Å²) in [6, 6.07) is 6.68. The van der Waals surface area contributed by atoms with Crippen LogP contribution < -0.4 is 4.74 Å². The van der Waals surface area contributed by atoms with Crippen molar-refractivity contribution in [3.8, 4) is 5.75 Å². The summed E-state index contributed by atoms with van der Waals surface area (Å²) in [5, 5.41) is 0. The third-order valence-electron chi connectivity index (χ3n) is 3.07. The molecule has 0 unspecified atom stereocenters. The standard InChI is InChI=1S/C14H20O/c1-2-3-4-5-6-12-7-8-14-13(11-12)9-10-15-14/h7-8,11H,2-6,9-10H2,1H3. The molecule has 0 amide bonds. The fourth-order valence-electron chi connectivity index (χ4n) is 2.15. The van der Waals surface area contributed by atoms with E-state index in [4.69, 9.17) is 4.74 Å². The molecule has 0 saturated heterocycles. The van der Waals surface area contributed by atoms with Crippen molar-refractivity contribution in [2.75, 3.05) is 6.61 Å². The van der Waals surface area contributed by atoms with E-state index in [9.17, 15) is 0 Å². The van der Waals surface area contributed by atoms with Crippen LogP contribution in [0, 0.1) is 0 Å². The quantitative estimate of drug-likeness (QED) is 0.664. The van der Waals surface area contributed by atoms with Gasteiger partial charge in [0.15, 0.2) is 0 Å². The molecule has 1 nitrogen and oxygen atoms in total. The van der Waals surface area contributed by atoms with Crippen LogP contribution in [0.3, 0.4) is 0 Å². The second kappa shape index (κ2) is 5.20. The van der Waals surface area contributed by atoms with E-state index in [1.54, 1.807) is 0 Å². The van der Waals surface area contributed by atoms with Crippen LogP contribution in [-0.4, -0.2) is 6.61 Å². The smallest absolute Gasteiger partial charge is 0.122 e. The highest BCUT2D eigenvalue weighted by atomic mass is 16.5. The average Bonchev–Trinajstić information content (AvgIpc) is 2.71. The van der Waals surface area contributed by atoms with E-state index in [2.05, 4.69) is 25.1 Å². The van der Waals surface area contributed by atoms with Crippen molar-refractivity contribution >= 4 is 0 Å². The summed E-state index contributed by atoms with van der Waals surface area (Å²) >= 11 is 0. The van der Waals surface area contributed by atoms with Gasteiger partial charge in [-0.15, -0.1) is 0 Å². The Kier molecular flexibility index (Phi) is 3.65. The maximum absolute atomic E-state index is 5.50. The highest BCUT2D eigenvalue weighted by Gasteiger charge is 2.11. The largest absolute Gasteiger partial charge is 0.493 e. The summed E-state index contributed by atoms with van der Waals surface area (Å²) in [4.78, 5) is 0. The Morgan fingerprint density at radius 3 is 3.00 bits per heavy atom. The first kappa shape index (κ1) is 10.5. The predicted molar refractivity (Wildman–Crippen MR) is 63.5 cm³/mol. The van der Waals surface area contributed by atoms with Gasteiger partial charge in [-0.3, -0.25) is 0 Å². The topological polar surface area (TPSA) is 9.23 Å². The fraction of sp³-hybridized carbons (Fsp3) is 0.571. The molecule has 0 radical (unpaired) electrons. The zero-order chi connectivity index (χ0) is 10.5. The summed E-state index contributed by atoms with van der Waals surface area (Å²) < 4.78 is 5.50. The van der Waals surface area contributed by atoms with Crippen LogP contribution in [0.15, 0.2) is 18.2 Å². The van der Waals surface area contributed by atoms with Crippen LogP contribution in [0.2, 0.25) is 0 Å². The molecule has 0 fully saturated rings. The molecule has 82 valence electrons. The van der Waals surface area contributed by atoms with Gasteiger partial charge in [0, 0.05) is 6.42 Å². The van der Waals surface area contributed by atoms with E-state index in [1.807, 2.05) is 0 Å². The van der Waals surface area contributed by atoms with E-state index in [0.29, 0.717) is 0 Å². The third-order valence-corrected chi connectivity index (χ3v) is 3.07. The van der Waals surface area contributed by atoms with Crippen molar-refractivity contribution in [1.29, 1.82) is 0 Å². The van der Waals surface area contributed by atoms with Gasteiger partial charge in [0.25, 0.3) is 0 Å². The number of ether oxygens (including phenoxy) is 1. The molecule has 1 aromatic rings. The molecular weight excluding hydrogens is 184 g/mol. The van der Waals surface area contributed by atoms with Crippen molar-refractivity contribution in [2.45, 2.75) is 45.4 Å². The Balaban J connectivity index is 1.87. The van der Waals surface area contributed by atoms with Crippen LogP contribution >= 0.6 is 0 Å². The lowest BCUT2D eigenvalue weighted by atomic mass is 10.0. The Morgan fingerprint density at radius 2 is 2.13 bits per heavy atom. The molecule has 15 heavy (non-hydrogen) atoms. The molecule has 0 bridgehead atoms. The molecule has 1 aromatic carbocycles. The van der Waals surface area contributed by atoms with Crippen LogP contribution in [0.1, 0.15) is 43.7 Å². The van der Waals surface area contributed by atoms with Gasteiger partial charge >= 0.3 is 0 Å². The van der Waals surface area contributed by atoms with Gasteiger partial charge in [0.2, 0.25) is 0 Å². The van der Waals surface area contributed by atoms with Crippen LogP contribution in [0.25, 0.3) is 0 Å². The Labute approximate surface area is 92.5 Å².